The molecule has 4 aromatic carbocycles. The van der Waals surface area contributed by atoms with Gasteiger partial charge < -0.3 is 19.0 Å². The molecule has 1 unspecified atom stereocenters. The van der Waals surface area contributed by atoms with E-state index in [2.05, 4.69) is 17.4 Å². The van der Waals surface area contributed by atoms with Crippen LogP contribution in [-0.2, 0) is 31.0 Å². The van der Waals surface area contributed by atoms with Crippen molar-refractivity contribution >= 4 is 22.2 Å². The van der Waals surface area contributed by atoms with E-state index in [0.29, 0.717) is 5.56 Å². The van der Waals surface area contributed by atoms with Crippen LogP contribution in [0.5, 0.6) is 5.75 Å². The molecule has 0 bridgehead atoms. The van der Waals surface area contributed by atoms with Crippen LogP contribution < -0.4 is 9.50 Å². The lowest BCUT2D eigenvalue weighted by Crippen LogP contribution is -2.33. The molecule has 8 nitrogen and oxygen atoms in total. The summed E-state index contributed by atoms with van der Waals surface area (Å²) in [5.41, 5.74) is 5.64. The molecule has 1 aliphatic carbocycles. The van der Waals surface area contributed by atoms with E-state index in [1.807, 2.05) is 66.7 Å². The minimum Gasteiger partial charge on any atom is -0.460 e. The zero-order chi connectivity index (χ0) is 28.8. The molecule has 0 saturated carbocycles. The SMILES string of the molecule is CS(=O)(=O)Oc1cccc(C(CNC(=O)OCC2c3ccccc3-c3ccccc32)C(=O)OCc2ccccc2)c1. The second kappa shape index (κ2) is 12.3. The van der Waals surface area contributed by atoms with Gasteiger partial charge in [-0.3, -0.25) is 4.79 Å². The third kappa shape index (κ3) is 6.93. The van der Waals surface area contributed by atoms with Gasteiger partial charge in [-0.15, -0.1) is 0 Å². The predicted octanol–water partition coefficient (Wildman–Crippen LogP) is 5.39. The van der Waals surface area contributed by atoms with Crippen LogP contribution in [0.4, 0.5) is 4.79 Å². The van der Waals surface area contributed by atoms with Gasteiger partial charge >= 0.3 is 22.2 Å². The molecule has 41 heavy (non-hydrogen) atoms. The molecule has 1 amide bonds. The number of benzene rings is 4. The van der Waals surface area contributed by atoms with E-state index in [9.17, 15) is 18.0 Å². The molecule has 0 heterocycles. The maximum atomic E-state index is 13.2. The Morgan fingerprint density at radius 3 is 2.10 bits per heavy atom. The van der Waals surface area contributed by atoms with Gasteiger partial charge in [-0.1, -0.05) is 91.0 Å². The number of ether oxygens (including phenoxy) is 2. The van der Waals surface area contributed by atoms with E-state index in [-0.39, 0.29) is 31.4 Å². The molecule has 4 aromatic rings. The highest BCUT2D eigenvalue weighted by Gasteiger charge is 2.30. The van der Waals surface area contributed by atoms with Crippen LogP contribution in [0.3, 0.4) is 0 Å². The molecular weight excluding hydrogens is 542 g/mol. The summed E-state index contributed by atoms with van der Waals surface area (Å²) in [6.07, 6.45) is 0.250. The first-order chi connectivity index (χ1) is 19.8. The van der Waals surface area contributed by atoms with Crippen LogP contribution in [-0.4, -0.2) is 39.9 Å². The molecule has 0 spiro atoms. The van der Waals surface area contributed by atoms with Crippen molar-refractivity contribution in [3.05, 3.63) is 125 Å². The lowest BCUT2D eigenvalue weighted by atomic mass is 9.98. The Morgan fingerprint density at radius 2 is 1.44 bits per heavy atom. The van der Waals surface area contributed by atoms with Crippen molar-refractivity contribution in [3.63, 3.8) is 0 Å². The van der Waals surface area contributed by atoms with Gasteiger partial charge in [0.2, 0.25) is 0 Å². The molecule has 210 valence electrons. The van der Waals surface area contributed by atoms with Crippen LogP contribution in [0.2, 0.25) is 0 Å². The fourth-order valence-corrected chi connectivity index (χ4v) is 5.41. The highest BCUT2D eigenvalue weighted by atomic mass is 32.2. The van der Waals surface area contributed by atoms with Gasteiger partial charge in [0.1, 0.15) is 19.0 Å². The standard InChI is InChI=1S/C32H29NO7S/c1-41(36,37)40-24-13-9-12-23(18-24)29(31(34)38-20-22-10-3-2-4-11-22)19-33-32(35)39-21-30-27-16-7-5-14-25(27)26-15-6-8-17-28(26)30/h2-18,29-30H,19-21H2,1H3,(H,33,35). The summed E-state index contributed by atoms with van der Waals surface area (Å²) >= 11 is 0. The number of hydrogen-bond donors (Lipinski definition) is 1. The van der Waals surface area contributed by atoms with E-state index < -0.39 is 28.1 Å². The van der Waals surface area contributed by atoms with E-state index in [0.717, 1.165) is 34.1 Å². The number of hydrogen-bond acceptors (Lipinski definition) is 7. The summed E-state index contributed by atoms with van der Waals surface area (Å²) in [5.74, 6) is -1.59. The monoisotopic (exact) mass is 571 g/mol. The van der Waals surface area contributed by atoms with Crippen LogP contribution in [0.25, 0.3) is 11.1 Å². The maximum absolute atomic E-state index is 13.2. The highest BCUT2D eigenvalue weighted by Crippen LogP contribution is 2.44. The Kier molecular flexibility index (Phi) is 8.35. The Morgan fingerprint density at radius 1 is 0.805 bits per heavy atom. The lowest BCUT2D eigenvalue weighted by Gasteiger charge is -2.19. The normalized spacial score (nSPS) is 13.0. The number of carbonyl (C=O) groups is 2. The Balaban J connectivity index is 1.28. The number of carbonyl (C=O) groups excluding carboxylic acids is 2. The van der Waals surface area contributed by atoms with Gasteiger partial charge in [0.15, 0.2) is 0 Å². The smallest absolute Gasteiger partial charge is 0.407 e. The van der Waals surface area contributed by atoms with Crippen molar-refractivity contribution in [2.75, 3.05) is 19.4 Å². The second-order valence-corrected chi connectivity index (χ2v) is 11.3. The number of nitrogens with one attached hydrogen (secondary N) is 1. The quantitative estimate of drug-likeness (QED) is 0.201. The van der Waals surface area contributed by atoms with Crippen LogP contribution >= 0.6 is 0 Å². The summed E-state index contributed by atoms with van der Waals surface area (Å²) in [6.45, 7) is 0.0357. The van der Waals surface area contributed by atoms with Crippen LogP contribution in [0.1, 0.15) is 34.1 Å². The topological polar surface area (TPSA) is 108 Å². The molecule has 1 atom stereocenters. The van der Waals surface area contributed by atoms with Crippen molar-refractivity contribution in [1.29, 1.82) is 0 Å². The molecule has 0 saturated heterocycles. The number of amides is 1. The first-order valence-electron chi connectivity index (χ1n) is 13.1. The Bertz CT molecular complexity index is 1610. The van der Waals surface area contributed by atoms with Gasteiger partial charge in [0.05, 0.1) is 12.2 Å². The maximum Gasteiger partial charge on any atom is 0.407 e. The van der Waals surface area contributed by atoms with Crippen LogP contribution in [0.15, 0.2) is 103 Å². The summed E-state index contributed by atoms with van der Waals surface area (Å²) in [6, 6.07) is 31.4. The Labute approximate surface area is 239 Å². The average molecular weight is 572 g/mol. The predicted molar refractivity (Wildman–Crippen MR) is 154 cm³/mol. The van der Waals surface area contributed by atoms with Gasteiger partial charge in [0, 0.05) is 12.5 Å². The van der Waals surface area contributed by atoms with E-state index in [4.69, 9.17) is 13.7 Å². The molecule has 1 aliphatic rings. The van der Waals surface area contributed by atoms with Crippen molar-refractivity contribution in [2.45, 2.75) is 18.4 Å². The first-order valence-corrected chi connectivity index (χ1v) is 14.9. The molecule has 0 fully saturated rings. The number of rotatable bonds is 10. The van der Waals surface area contributed by atoms with Crippen LogP contribution in [0, 0.1) is 0 Å². The molecule has 1 N–H and O–H groups in total. The summed E-state index contributed by atoms with van der Waals surface area (Å²) in [4.78, 5) is 26.0. The summed E-state index contributed by atoms with van der Waals surface area (Å²) in [5, 5.41) is 2.68. The van der Waals surface area contributed by atoms with E-state index >= 15 is 0 Å². The molecule has 0 radical (unpaired) electrons. The third-order valence-corrected chi connectivity index (χ3v) is 7.31. The highest BCUT2D eigenvalue weighted by molar-refractivity contribution is 7.86. The lowest BCUT2D eigenvalue weighted by molar-refractivity contribution is -0.146. The fourth-order valence-electron chi connectivity index (χ4n) is 4.96. The van der Waals surface area contributed by atoms with Gasteiger partial charge in [-0.25, -0.2) is 4.79 Å². The minimum atomic E-state index is -3.78. The zero-order valence-corrected chi connectivity index (χ0v) is 23.2. The molecular formula is C32H29NO7S. The molecule has 9 heteroatoms. The molecule has 0 aliphatic heterocycles. The average Bonchev–Trinajstić information content (AvgIpc) is 3.28. The second-order valence-electron chi connectivity index (χ2n) is 9.71. The van der Waals surface area contributed by atoms with E-state index in [1.165, 1.54) is 12.1 Å². The van der Waals surface area contributed by atoms with Gasteiger partial charge in [-0.2, -0.15) is 8.42 Å². The van der Waals surface area contributed by atoms with Gasteiger partial charge in [-0.05, 0) is 45.5 Å². The fraction of sp³-hybridized carbons (Fsp3) is 0.188. The zero-order valence-electron chi connectivity index (χ0n) is 22.4. The largest absolute Gasteiger partial charge is 0.460 e. The Hall–Kier alpha value is -4.63. The molecule has 5 rings (SSSR count). The van der Waals surface area contributed by atoms with Crippen molar-refractivity contribution in [2.24, 2.45) is 0 Å². The summed E-state index contributed by atoms with van der Waals surface area (Å²) < 4.78 is 39.4. The van der Waals surface area contributed by atoms with Crippen molar-refractivity contribution in [1.82, 2.24) is 5.32 Å². The number of esters is 1. The molecule has 0 aromatic heterocycles. The van der Waals surface area contributed by atoms with Crippen molar-refractivity contribution in [3.8, 4) is 16.9 Å². The van der Waals surface area contributed by atoms with E-state index in [1.54, 1.807) is 12.1 Å². The third-order valence-electron chi connectivity index (χ3n) is 6.81. The minimum absolute atomic E-state index is 0.0423. The first kappa shape index (κ1) is 27.9. The van der Waals surface area contributed by atoms with Gasteiger partial charge in [0.25, 0.3) is 0 Å². The number of alkyl carbamates (subject to hydrolysis) is 1. The number of fused-ring (bicyclic) bond motifs is 3. The van der Waals surface area contributed by atoms with Crippen molar-refractivity contribution < 1.29 is 31.7 Å². The summed E-state index contributed by atoms with van der Waals surface area (Å²) in [7, 11) is -3.78.